The third-order valence-corrected chi connectivity index (χ3v) is 9.74. The number of carbonyl (C=O) groups excluding carboxylic acids is 2. The lowest BCUT2D eigenvalue weighted by atomic mass is 10.1. The number of halogens is 1. The molecular weight excluding hydrogens is 939 g/mol. The highest BCUT2D eigenvalue weighted by Gasteiger charge is 2.24. The second kappa shape index (κ2) is 33.1. The molecule has 20 nitrogen and oxygen atoms in total. The van der Waals surface area contributed by atoms with Crippen molar-refractivity contribution in [2.45, 2.75) is 129 Å². The maximum Gasteiger partial charge on any atom is 0.326 e. The Hall–Kier alpha value is -5.55. The molecule has 0 radical (unpaired) electrons. The molecule has 0 saturated carbocycles. The second-order valence-corrected chi connectivity index (χ2v) is 15.7. The van der Waals surface area contributed by atoms with Crippen molar-refractivity contribution in [1.82, 2.24) is 31.9 Å². The Labute approximate surface area is 380 Å². The van der Waals surface area contributed by atoms with Crippen molar-refractivity contribution < 1.29 is 69.0 Å². The van der Waals surface area contributed by atoms with Crippen LogP contribution >= 0.6 is 22.6 Å². The third-order valence-electron chi connectivity index (χ3n) is 9.02. The number of aryl methyl sites for hydroxylation is 1. The van der Waals surface area contributed by atoms with Gasteiger partial charge in [0.2, 0.25) is 0 Å². The summed E-state index contributed by atoms with van der Waals surface area (Å²) in [4.78, 5) is 90.0. The van der Waals surface area contributed by atoms with Gasteiger partial charge in [0.25, 0.3) is 0 Å². The molecule has 63 heavy (non-hydrogen) atoms. The molecule has 0 aliphatic rings. The number of amides is 4. The molecule has 2 aromatic carbocycles. The van der Waals surface area contributed by atoms with Crippen LogP contribution in [-0.2, 0) is 41.9 Å². The zero-order valence-electron chi connectivity index (χ0n) is 34.6. The number of carboxylic acid groups (broad SMARTS) is 6. The number of unbranched alkanes of at least 4 members (excludes halogenated alkanes) is 2. The number of rotatable bonds is 30. The lowest BCUT2D eigenvalue weighted by molar-refractivity contribution is -0.141. The molecule has 0 bridgehead atoms. The van der Waals surface area contributed by atoms with Gasteiger partial charge in [-0.3, -0.25) is 19.2 Å². The molecule has 4 amide bonds. The van der Waals surface area contributed by atoms with Crippen LogP contribution in [0.3, 0.4) is 0 Å². The first-order valence-corrected chi connectivity index (χ1v) is 21.1. The number of hydrogen-bond acceptors (Lipinski definition) is 10. The van der Waals surface area contributed by atoms with Gasteiger partial charge in [-0.15, -0.1) is 0 Å². The maximum absolute atomic E-state index is 12.1. The molecule has 0 saturated heterocycles. The Morgan fingerprint density at radius 1 is 0.508 bits per heavy atom. The van der Waals surface area contributed by atoms with E-state index < -0.39 is 84.9 Å². The molecule has 0 unspecified atom stereocenters. The van der Waals surface area contributed by atoms with Crippen LogP contribution in [-0.4, -0.2) is 116 Å². The van der Waals surface area contributed by atoms with Crippen molar-refractivity contribution in [3.05, 3.63) is 68.8 Å². The van der Waals surface area contributed by atoms with Crippen molar-refractivity contribution >= 4 is 70.5 Å². The van der Waals surface area contributed by atoms with Crippen molar-refractivity contribution in [3.8, 4) is 0 Å². The van der Waals surface area contributed by atoms with Gasteiger partial charge in [-0.1, -0.05) is 55.8 Å². The minimum absolute atomic E-state index is 0. The fraction of sp³-hybridized carbons (Fsp3) is 0.524. The van der Waals surface area contributed by atoms with Crippen LogP contribution in [0, 0.1) is 10.5 Å². The number of carboxylic acids is 6. The molecule has 2 rings (SSSR count). The first-order chi connectivity index (χ1) is 29.3. The molecular formula is C42H63IN6O14. The molecule has 12 N–H and O–H groups in total. The van der Waals surface area contributed by atoms with Gasteiger partial charge in [-0.05, 0) is 111 Å². The van der Waals surface area contributed by atoms with Crippen molar-refractivity contribution in [2.24, 2.45) is 0 Å². The van der Waals surface area contributed by atoms with Crippen LogP contribution in [0.15, 0.2) is 48.5 Å². The van der Waals surface area contributed by atoms with E-state index in [2.05, 4.69) is 54.5 Å². The SMILES string of the molecule is C.Cc1ccc(CNCCCC[C@H](NC(=O)N[C@@H](CCC(=O)O)CC(=O)O)C(=O)O)cc1.O=C(O)CC[C@H](NC(=O)N[C@@H](CCCCNCc1ccc(I)cc1)CC(=O)O)C(=O)O. The topological polar surface area (TPSA) is 330 Å². The lowest BCUT2D eigenvalue weighted by Crippen LogP contribution is -2.49. The average Bonchev–Trinajstić information content (AvgIpc) is 3.18. The summed E-state index contributed by atoms with van der Waals surface area (Å²) in [5, 5.41) is 69.7. The molecule has 0 heterocycles. The van der Waals surface area contributed by atoms with Gasteiger partial charge >= 0.3 is 47.9 Å². The van der Waals surface area contributed by atoms with Crippen molar-refractivity contribution in [2.75, 3.05) is 13.1 Å². The molecule has 0 aliphatic carbocycles. The minimum Gasteiger partial charge on any atom is -0.481 e. The fourth-order valence-corrected chi connectivity index (χ4v) is 6.10. The van der Waals surface area contributed by atoms with Gasteiger partial charge in [-0.2, -0.15) is 0 Å². The van der Waals surface area contributed by atoms with E-state index in [1.54, 1.807) is 0 Å². The molecule has 0 aromatic heterocycles. The van der Waals surface area contributed by atoms with Gasteiger partial charge in [0.1, 0.15) is 12.1 Å². The number of hydrogen-bond donors (Lipinski definition) is 12. The standard InChI is InChI=1S/C21H31N3O7.C20H28IN3O7.CH4/c1-14-5-7-15(8-6-14)13-22-11-3-2-4-17(20(29)30)24-21(31)23-16(12-19(27)28)9-10-18(25)26;21-14-6-4-13(5-7-14)12-22-10-2-1-3-15(11-18(27)28)23-20(31)24-16(19(29)30)8-9-17(25)26;/h5-8,16-17,22H,2-4,9-13H2,1H3,(H,25,26)(H,27,28)(H,29,30)(H2,23,24,31);4-7,15-16,22H,1-3,8-12H2,(H,25,26)(H,27,28)(H,29,30)(H2,23,24,31);1H4/t16-,17-;15-,16-;/m00./s1. The van der Waals surface area contributed by atoms with E-state index in [1.807, 2.05) is 55.5 Å². The predicted molar refractivity (Wildman–Crippen MR) is 240 cm³/mol. The monoisotopic (exact) mass is 1000 g/mol. The second-order valence-electron chi connectivity index (χ2n) is 14.4. The maximum atomic E-state index is 12.1. The van der Waals surface area contributed by atoms with Crippen LogP contribution in [0.2, 0.25) is 0 Å². The van der Waals surface area contributed by atoms with E-state index in [0.29, 0.717) is 32.4 Å². The third kappa shape index (κ3) is 30.2. The van der Waals surface area contributed by atoms with Gasteiger partial charge in [0.05, 0.1) is 12.8 Å². The largest absolute Gasteiger partial charge is 0.481 e. The first kappa shape index (κ1) is 57.4. The molecule has 352 valence electrons. The van der Waals surface area contributed by atoms with Crippen LogP contribution in [0.1, 0.15) is 101 Å². The van der Waals surface area contributed by atoms with E-state index in [0.717, 1.165) is 31.5 Å². The Balaban J connectivity index is 0.00000120. The fourth-order valence-electron chi connectivity index (χ4n) is 5.74. The quantitative estimate of drug-likeness (QED) is 0.0382. The van der Waals surface area contributed by atoms with Crippen molar-refractivity contribution in [1.29, 1.82) is 0 Å². The Bertz CT molecular complexity index is 1730. The van der Waals surface area contributed by atoms with Gasteiger partial charge < -0.3 is 62.5 Å². The smallest absolute Gasteiger partial charge is 0.326 e. The van der Waals surface area contributed by atoms with Crippen LogP contribution in [0.4, 0.5) is 9.59 Å². The normalized spacial score (nSPS) is 12.3. The molecule has 2 aromatic rings. The summed E-state index contributed by atoms with van der Waals surface area (Å²) >= 11 is 2.24. The summed E-state index contributed by atoms with van der Waals surface area (Å²) in [7, 11) is 0. The summed E-state index contributed by atoms with van der Waals surface area (Å²) in [6, 6.07) is 10.6. The first-order valence-electron chi connectivity index (χ1n) is 20.0. The van der Waals surface area contributed by atoms with Gasteiger partial charge in [0, 0.05) is 41.6 Å². The summed E-state index contributed by atoms with van der Waals surface area (Å²) in [5.41, 5.74) is 3.51. The summed E-state index contributed by atoms with van der Waals surface area (Å²) in [6.45, 7) is 4.89. The summed E-state index contributed by atoms with van der Waals surface area (Å²) in [6.07, 6.45) is 1.55. The number of nitrogens with one attached hydrogen (secondary N) is 6. The van der Waals surface area contributed by atoms with Crippen LogP contribution in [0.25, 0.3) is 0 Å². The van der Waals surface area contributed by atoms with Crippen LogP contribution < -0.4 is 31.9 Å². The van der Waals surface area contributed by atoms with E-state index >= 15 is 0 Å². The predicted octanol–water partition coefficient (Wildman–Crippen LogP) is 4.36. The molecule has 21 heteroatoms. The number of aliphatic carboxylic acids is 6. The number of benzene rings is 2. The zero-order valence-corrected chi connectivity index (χ0v) is 36.7. The summed E-state index contributed by atoms with van der Waals surface area (Å²) < 4.78 is 1.17. The zero-order chi connectivity index (χ0) is 46.5. The van der Waals surface area contributed by atoms with E-state index in [1.165, 1.54) is 14.7 Å². The van der Waals surface area contributed by atoms with Gasteiger partial charge in [-0.25, -0.2) is 19.2 Å². The number of urea groups is 2. The molecule has 4 atom stereocenters. The minimum atomic E-state index is -1.37. The highest BCUT2D eigenvalue weighted by atomic mass is 127. The Kier molecular flexibility index (Phi) is 30.2. The Morgan fingerprint density at radius 2 is 0.905 bits per heavy atom. The summed E-state index contributed by atoms with van der Waals surface area (Å²) in [5.74, 6) is -7.11. The Morgan fingerprint density at radius 3 is 1.33 bits per heavy atom. The highest BCUT2D eigenvalue weighted by molar-refractivity contribution is 14.1. The highest BCUT2D eigenvalue weighted by Crippen LogP contribution is 2.09. The molecule has 0 fully saturated rings. The number of carbonyl (C=O) groups is 8. The van der Waals surface area contributed by atoms with Gasteiger partial charge in [0.15, 0.2) is 0 Å². The molecule has 0 spiro atoms. The van der Waals surface area contributed by atoms with E-state index in [4.69, 9.17) is 25.5 Å². The molecule has 0 aliphatic heterocycles. The van der Waals surface area contributed by atoms with Crippen molar-refractivity contribution in [3.63, 3.8) is 0 Å². The average molecular weight is 1000 g/mol. The van der Waals surface area contributed by atoms with E-state index in [9.17, 15) is 43.5 Å². The lowest BCUT2D eigenvalue weighted by Gasteiger charge is -2.20. The van der Waals surface area contributed by atoms with Crippen LogP contribution in [0.5, 0.6) is 0 Å². The van der Waals surface area contributed by atoms with E-state index in [-0.39, 0.29) is 39.5 Å².